The van der Waals surface area contributed by atoms with Crippen LogP contribution in [0.1, 0.15) is 29.7 Å². The predicted molar refractivity (Wildman–Crippen MR) is 81.1 cm³/mol. The molecule has 0 radical (unpaired) electrons. The molecule has 2 aromatic rings. The van der Waals surface area contributed by atoms with Gasteiger partial charge >= 0.3 is 0 Å². The van der Waals surface area contributed by atoms with Crippen LogP contribution in [0, 0.1) is 12.7 Å². The number of halogens is 1. The first kappa shape index (κ1) is 14.3. The lowest BCUT2D eigenvalue weighted by Gasteiger charge is -2.17. The molecule has 1 aromatic heterocycles. The van der Waals surface area contributed by atoms with Gasteiger partial charge in [0.1, 0.15) is 10.8 Å². The zero-order valence-corrected chi connectivity index (χ0v) is 12.0. The molecular formula is C14H15FN4S. The quantitative estimate of drug-likeness (QED) is 0.848. The number of anilines is 1. The van der Waals surface area contributed by atoms with Crippen molar-refractivity contribution in [1.82, 2.24) is 10.2 Å². The molecule has 4 nitrogen and oxygen atoms in total. The van der Waals surface area contributed by atoms with Crippen molar-refractivity contribution in [2.45, 2.75) is 19.9 Å². The molecular weight excluding hydrogens is 275 g/mol. The van der Waals surface area contributed by atoms with E-state index in [-0.39, 0.29) is 16.8 Å². The second-order valence-corrected chi connectivity index (χ2v) is 4.97. The molecule has 0 spiro atoms. The van der Waals surface area contributed by atoms with Gasteiger partial charge in [0, 0.05) is 0 Å². The van der Waals surface area contributed by atoms with Gasteiger partial charge < -0.3 is 11.1 Å². The summed E-state index contributed by atoms with van der Waals surface area (Å²) in [5.41, 5.74) is 7.68. The Balaban J connectivity index is 2.25. The Labute approximate surface area is 122 Å². The first-order valence-electron chi connectivity index (χ1n) is 6.13. The lowest BCUT2D eigenvalue weighted by atomic mass is 10.1. The van der Waals surface area contributed by atoms with Gasteiger partial charge in [0.15, 0.2) is 5.82 Å². The fourth-order valence-corrected chi connectivity index (χ4v) is 1.97. The number of rotatable bonds is 4. The Bertz CT molecular complexity index is 645. The molecule has 104 valence electrons. The van der Waals surface area contributed by atoms with Crippen LogP contribution < -0.4 is 11.1 Å². The van der Waals surface area contributed by atoms with E-state index in [2.05, 4.69) is 15.5 Å². The third-order valence-electron chi connectivity index (χ3n) is 3.04. The monoisotopic (exact) mass is 290 g/mol. The molecule has 3 N–H and O–H groups in total. The molecule has 1 atom stereocenters. The van der Waals surface area contributed by atoms with Crippen LogP contribution in [0.15, 0.2) is 30.5 Å². The van der Waals surface area contributed by atoms with E-state index in [0.29, 0.717) is 16.9 Å². The van der Waals surface area contributed by atoms with Crippen LogP contribution in [0.2, 0.25) is 0 Å². The molecule has 1 unspecified atom stereocenters. The fourth-order valence-electron chi connectivity index (χ4n) is 1.80. The highest BCUT2D eigenvalue weighted by Gasteiger charge is 2.12. The molecule has 0 saturated carbocycles. The smallest absolute Gasteiger partial charge is 0.159 e. The molecule has 2 rings (SSSR count). The average Bonchev–Trinajstić information content (AvgIpc) is 2.42. The minimum absolute atomic E-state index is 0.144. The van der Waals surface area contributed by atoms with Gasteiger partial charge in [-0.15, -0.1) is 5.10 Å². The van der Waals surface area contributed by atoms with E-state index in [1.165, 1.54) is 12.3 Å². The molecule has 0 amide bonds. The highest BCUT2D eigenvalue weighted by molar-refractivity contribution is 7.80. The Morgan fingerprint density at radius 2 is 2.15 bits per heavy atom. The number of nitrogens with two attached hydrogens (primary N) is 1. The minimum Gasteiger partial charge on any atom is -0.389 e. The molecule has 0 aliphatic carbocycles. The van der Waals surface area contributed by atoms with Gasteiger partial charge in [-0.2, -0.15) is 5.10 Å². The number of nitrogens with zero attached hydrogens (tertiary/aromatic N) is 2. The van der Waals surface area contributed by atoms with Gasteiger partial charge in [-0.3, -0.25) is 0 Å². The SMILES string of the molecule is Cc1ccc(C(C)Nc2nnccc2C(N)=S)cc1F. The Kier molecular flexibility index (Phi) is 4.24. The van der Waals surface area contributed by atoms with Crippen molar-refractivity contribution in [3.63, 3.8) is 0 Å². The summed E-state index contributed by atoms with van der Waals surface area (Å²) in [4.78, 5) is 0.240. The van der Waals surface area contributed by atoms with Gasteiger partial charge in [0.25, 0.3) is 0 Å². The van der Waals surface area contributed by atoms with Gasteiger partial charge in [-0.25, -0.2) is 4.39 Å². The molecule has 20 heavy (non-hydrogen) atoms. The maximum absolute atomic E-state index is 13.6. The van der Waals surface area contributed by atoms with Gasteiger partial charge in [-0.05, 0) is 37.1 Å². The molecule has 6 heteroatoms. The number of benzene rings is 1. The van der Waals surface area contributed by atoms with Crippen LogP contribution in [0.4, 0.5) is 10.2 Å². The van der Waals surface area contributed by atoms with Crippen molar-refractivity contribution in [3.8, 4) is 0 Å². The fraction of sp³-hybridized carbons (Fsp3) is 0.214. The van der Waals surface area contributed by atoms with Crippen molar-refractivity contribution in [1.29, 1.82) is 0 Å². The average molecular weight is 290 g/mol. The summed E-state index contributed by atoms with van der Waals surface area (Å²) in [7, 11) is 0. The Morgan fingerprint density at radius 3 is 2.80 bits per heavy atom. The van der Waals surface area contributed by atoms with Gasteiger partial charge in [0.2, 0.25) is 0 Å². The maximum Gasteiger partial charge on any atom is 0.159 e. The topological polar surface area (TPSA) is 63.8 Å². The first-order valence-corrected chi connectivity index (χ1v) is 6.54. The van der Waals surface area contributed by atoms with E-state index in [9.17, 15) is 4.39 Å². The number of nitrogens with one attached hydrogen (secondary N) is 1. The molecule has 0 aliphatic rings. The normalized spacial score (nSPS) is 11.9. The summed E-state index contributed by atoms with van der Waals surface area (Å²) in [6.07, 6.45) is 1.52. The highest BCUT2D eigenvalue weighted by atomic mass is 32.1. The first-order chi connectivity index (χ1) is 9.49. The van der Waals surface area contributed by atoms with Crippen LogP contribution in [0.25, 0.3) is 0 Å². The molecule has 0 saturated heterocycles. The lowest BCUT2D eigenvalue weighted by molar-refractivity contribution is 0.614. The maximum atomic E-state index is 13.6. The summed E-state index contributed by atoms with van der Waals surface area (Å²) in [6.45, 7) is 3.63. The van der Waals surface area contributed by atoms with E-state index in [1.54, 1.807) is 19.1 Å². The highest BCUT2D eigenvalue weighted by Crippen LogP contribution is 2.21. The molecule has 1 aromatic carbocycles. The van der Waals surface area contributed by atoms with Crippen LogP contribution in [-0.4, -0.2) is 15.2 Å². The molecule has 1 heterocycles. The third-order valence-corrected chi connectivity index (χ3v) is 3.26. The van der Waals surface area contributed by atoms with Crippen LogP contribution in [0.3, 0.4) is 0 Å². The third kappa shape index (κ3) is 3.08. The van der Waals surface area contributed by atoms with E-state index in [4.69, 9.17) is 18.0 Å². The second-order valence-electron chi connectivity index (χ2n) is 4.53. The molecule has 0 fully saturated rings. The zero-order chi connectivity index (χ0) is 14.7. The molecule has 0 bridgehead atoms. The van der Waals surface area contributed by atoms with Crippen LogP contribution in [-0.2, 0) is 0 Å². The summed E-state index contributed by atoms with van der Waals surface area (Å²) in [6, 6.07) is 6.67. The van der Waals surface area contributed by atoms with Crippen molar-refractivity contribution in [2.75, 3.05) is 5.32 Å². The number of hydrogen-bond acceptors (Lipinski definition) is 4. The lowest BCUT2D eigenvalue weighted by Crippen LogP contribution is -2.17. The summed E-state index contributed by atoms with van der Waals surface area (Å²) in [5, 5.41) is 10.9. The van der Waals surface area contributed by atoms with Crippen molar-refractivity contribution in [3.05, 3.63) is 53.0 Å². The summed E-state index contributed by atoms with van der Waals surface area (Å²) < 4.78 is 13.6. The minimum atomic E-state index is -0.232. The second kappa shape index (κ2) is 5.92. The van der Waals surface area contributed by atoms with Crippen molar-refractivity contribution in [2.24, 2.45) is 5.73 Å². The number of thiocarbonyl (C=S) groups is 1. The largest absolute Gasteiger partial charge is 0.389 e. The van der Waals surface area contributed by atoms with Gasteiger partial charge in [0.05, 0.1) is 17.8 Å². The Morgan fingerprint density at radius 1 is 1.40 bits per heavy atom. The number of aromatic nitrogens is 2. The predicted octanol–water partition coefficient (Wildman–Crippen LogP) is 2.73. The van der Waals surface area contributed by atoms with Crippen LogP contribution >= 0.6 is 12.2 Å². The number of hydrogen-bond donors (Lipinski definition) is 2. The van der Waals surface area contributed by atoms with Gasteiger partial charge in [-0.1, -0.05) is 24.4 Å². The van der Waals surface area contributed by atoms with E-state index in [1.807, 2.05) is 13.0 Å². The van der Waals surface area contributed by atoms with Crippen molar-refractivity contribution >= 4 is 23.0 Å². The van der Waals surface area contributed by atoms with E-state index >= 15 is 0 Å². The Hall–Kier alpha value is -2.08. The van der Waals surface area contributed by atoms with E-state index < -0.39 is 0 Å². The summed E-state index contributed by atoms with van der Waals surface area (Å²) in [5.74, 6) is 0.262. The van der Waals surface area contributed by atoms with Crippen molar-refractivity contribution < 1.29 is 4.39 Å². The number of aryl methyl sites for hydroxylation is 1. The standard InChI is InChI=1S/C14H15FN4S/c1-8-3-4-10(7-12(8)15)9(2)18-14-11(13(16)20)5-6-17-19-14/h3-7,9H,1-2H3,(H2,16,20)(H,18,19). The van der Waals surface area contributed by atoms with E-state index in [0.717, 1.165) is 5.56 Å². The van der Waals surface area contributed by atoms with Crippen LogP contribution in [0.5, 0.6) is 0 Å². The summed E-state index contributed by atoms with van der Waals surface area (Å²) >= 11 is 4.97. The zero-order valence-electron chi connectivity index (χ0n) is 11.2. The molecule has 0 aliphatic heterocycles.